The molecule has 0 radical (unpaired) electrons. The number of hydrogen-bond donors (Lipinski definition) is 1. The van der Waals surface area contributed by atoms with Crippen molar-refractivity contribution in [3.8, 4) is 0 Å². The van der Waals surface area contributed by atoms with Crippen LogP contribution in [-0.4, -0.2) is 25.3 Å². The SMILES string of the molecule is CCOC(C[NH2+]C(C)Cc1ccccc1)Cc1ccccc1.[Cl-]. The molecular formula is C20H28ClNO. The molecule has 2 aromatic rings. The van der Waals surface area contributed by atoms with Gasteiger partial charge in [0.05, 0.1) is 6.04 Å². The quantitative estimate of drug-likeness (QED) is 0.677. The minimum Gasteiger partial charge on any atom is -1.00 e. The lowest BCUT2D eigenvalue weighted by molar-refractivity contribution is -0.691. The van der Waals surface area contributed by atoms with Crippen LogP contribution in [0.25, 0.3) is 0 Å². The van der Waals surface area contributed by atoms with Crippen LogP contribution >= 0.6 is 0 Å². The lowest BCUT2D eigenvalue weighted by atomic mass is 10.1. The molecule has 2 atom stereocenters. The van der Waals surface area contributed by atoms with E-state index < -0.39 is 0 Å². The second-order valence-electron chi connectivity index (χ2n) is 5.91. The molecule has 0 heterocycles. The minimum atomic E-state index is 0. The maximum absolute atomic E-state index is 5.92. The molecule has 0 spiro atoms. The molecule has 2 rings (SSSR count). The lowest BCUT2D eigenvalue weighted by Gasteiger charge is -2.18. The predicted molar refractivity (Wildman–Crippen MR) is 92.0 cm³/mol. The monoisotopic (exact) mass is 333 g/mol. The maximum atomic E-state index is 5.92. The normalized spacial score (nSPS) is 13.1. The van der Waals surface area contributed by atoms with Crippen molar-refractivity contribution >= 4 is 0 Å². The zero-order chi connectivity index (χ0) is 15.6. The highest BCUT2D eigenvalue weighted by atomic mass is 35.5. The van der Waals surface area contributed by atoms with E-state index in [9.17, 15) is 0 Å². The Morgan fingerprint density at radius 2 is 1.39 bits per heavy atom. The van der Waals surface area contributed by atoms with E-state index in [2.05, 4.69) is 79.8 Å². The zero-order valence-electron chi connectivity index (χ0n) is 14.1. The van der Waals surface area contributed by atoms with Crippen molar-refractivity contribution in [2.75, 3.05) is 13.2 Å². The summed E-state index contributed by atoms with van der Waals surface area (Å²) in [5, 5.41) is 2.41. The van der Waals surface area contributed by atoms with Crippen LogP contribution in [0, 0.1) is 0 Å². The average molecular weight is 334 g/mol. The Hall–Kier alpha value is -1.35. The van der Waals surface area contributed by atoms with Gasteiger partial charge in [0.15, 0.2) is 0 Å². The van der Waals surface area contributed by atoms with Crippen LogP contribution in [0.4, 0.5) is 0 Å². The van der Waals surface area contributed by atoms with E-state index in [0.29, 0.717) is 6.04 Å². The predicted octanol–water partition coefficient (Wildman–Crippen LogP) is -0.167. The van der Waals surface area contributed by atoms with Crippen molar-refractivity contribution in [3.63, 3.8) is 0 Å². The van der Waals surface area contributed by atoms with Crippen molar-refractivity contribution in [2.45, 2.75) is 38.8 Å². The molecule has 0 aliphatic rings. The first kappa shape index (κ1) is 19.7. The van der Waals surface area contributed by atoms with Gasteiger partial charge in [-0.3, -0.25) is 0 Å². The van der Waals surface area contributed by atoms with Crippen LogP contribution in [0.1, 0.15) is 25.0 Å². The summed E-state index contributed by atoms with van der Waals surface area (Å²) in [6.07, 6.45) is 2.37. The van der Waals surface area contributed by atoms with Crippen molar-refractivity contribution in [2.24, 2.45) is 0 Å². The molecule has 2 nitrogen and oxygen atoms in total. The Bertz CT molecular complexity index is 518. The van der Waals surface area contributed by atoms with Crippen LogP contribution in [-0.2, 0) is 17.6 Å². The molecule has 2 aromatic carbocycles. The molecule has 2 N–H and O–H groups in total. The first-order valence-corrected chi connectivity index (χ1v) is 8.30. The van der Waals surface area contributed by atoms with E-state index in [1.165, 1.54) is 11.1 Å². The van der Waals surface area contributed by atoms with Crippen LogP contribution in [0.2, 0.25) is 0 Å². The Kier molecular flexibility index (Phi) is 9.61. The third-order valence-corrected chi connectivity index (χ3v) is 3.91. The number of benzene rings is 2. The summed E-state index contributed by atoms with van der Waals surface area (Å²) in [6.45, 7) is 6.15. The molecule has 126 valence electrons. The lowest BCUT2D eigenvalue weighted by Crippen LogP contribution is -3.00. The molecule has 2 unspecified atom stereocenters. The molecule has 0 saturated heterocycles. The average Bonchev–Trinajstić information content (AvgIpc) is 2.55. The number of hydrogen-bond acceptors (Lipinski definition) is 1. The van der Waals surface area contributed by atoms with E-state index in [0.717, 1.165) is 26.0 Å². The summed E-state index contributed by atoms with van der Waals surface area (Å²) in [6, 6.07) is 21.9. The summed E-state index contributed by atoms with van der Waals surface area (Å²) >= 11 is 0. The Morgan fingerprint density at radius 1 is 0.870 bits per heavy atom. The molecule has 23 heavy (non-hydrogen) atoms. The Labute approximate surface area is 146 Å². The van der Waals surface area contributed by atoms with Gasteiger partial charge >= 0.3 is 0 Å². The Morgan fingerprint density at radius 3 is 1.91 bits per heavy atom. The van der Waals surface area contributed by atoms with E-state index in [4.69, 9.17) is 4.74 Å². The summed E-state index contributed by atoms with van der Waals surface area (Å²) < 4.78 is 5.92. The zero-order valence-corrected chi connectivity index (χ0v) is 14.9. The third-order valence-electron chi connectivity index (χ3n) is 3.91. The van der Waals surface area contributed by atoms with Gasteiger partial charge in [-0.2, -0.15) is 0 Å². The van der Waals surface area contributed by atoms with Crippen molar-refractivity contribution in [1.82, 2.24) is 0 Å². The van der Waals surface area contributed by atoms with Crippen LogP contribution < -0.4 is 17.7 Å². The van der Waals surface area contributed by atoms with Gasteiger partial charge in [-0.05, 0) is 25.0 Å². The van der Waals surface area contributed by atoms with E-state index in [1.54, 1.807) is 0 Å². The summed E-state index contributed by atoms with van der Waals surface area (Å²) in [4.78, 5) is 0. The van der Waals surface area contributed by atoms with Gasteiger partial charge in [-0.25, -0.2) is 0 Å². The molecule has 0 bridgehead atoms. The first-order chi connectivity index (χ1) is 10.8. The van der Waals surface area contributed by atoms with Gasteiger partial charge < -0.3 is 22.5 Å². The molecule has 0 aromatic heterocycles. The summed E-state index contributed by atoms with van der Waals surface area (Å²) in [7, 11) is 0. The van der Waals surface area contributed by atoms with Gasteiger partial charge in [0, 0.05) is 19.4 Å². The largest absolute Gasteiger partial charge is 1.00 e. The molecule has 0 fully saturated rings. The summed E-state index contributed by atoms with van der Waals surface area (Å²) in [5.74, 6) is 0. The van der Waals surface area contributed by atoms with Crippen molar-refractivity contribution in [1.29, 1.82) is 0 Å². The number of halogens is 1. The highest BCUT2D eigenvalue weighted by molar-refractivity contribution is 5.16. The number of rotatable bonds is 9. The first-order valence-electron chi connectivity index (χ1n) is 8.30. The third kappa shape index (κ3) is 7.65. The van der Waals surface area contributed by atoms with Gasteiger partial charge in [0.2, 0.25) is 0 Å². The Balaban J connectivity index is 0.00000264. The van der Waals surface area contributed by atoms with Gasteiger partial charge in [-0.15, -0.1) is 0 Å². The fourth-order valence-electron chi connectivity index (χ4n) is 2.78. The molecule has 0 aliphatic carbocycles. The highest BCUT2D eigenvalue weighted by Gasteiger charge is 2.14. The van der Waals surface area contributed by atoms with Crippen LogP contribution in [0.5, 0.6) is 0 Å². The summed E-state index contributed by atoms with van der Waals surface area (Å²) in [5.41, 5.74) is 2.76. The molecule has 0 aliphatic heterocycles. The maximum Gasteiger partial charge on any atom is 0.110 e. The fraction of sp³-hybridized carbons (Fsp3) is 0.400. The van der Waals surface area contributed by atoms with E-state index >= 15 is 0 Å². The second-order valence-corrected chi connectivity index (χ2v) is 5.91. The second kappa shape index (κ2) is 11.2. The molecule has 0 amide bonds. The number of ether oxygens (including phenoxy) is 1. The van der Waals surface area contributed by atoms with E-state index in [-0.39, 0.29) is 18.5 Å². The van der Waals surface area contributed by atoms with Gasteiger partial charge in [0.25, 0.3) is 0 Å². The topological polar surface area (TPSA) is 25.8 Å². The van der Waals surface area contributed by atoms with Crippen LogP contribution in [0.15, 0.2) is 60.7 Å². The van der Waals surface area contributed by atoms with Crippen LogP contribution in [0.3, 0.4) is 0 Å². The highest BCUT2D eigenvalue weighted by Crippen LogP contribution is 2.05. The van der Waals surface area contributed by atoms with Crippen molar-refractivity contribution < 1.29 is 22.5 Å². The number of quaternary nitrogens is 1. The number of nitrogens with two attached hydrogens (primary N) is 1. The fourth-order valence-corrected chi connectivity index (χ4v) is 2.78. The molecular weight excluding hydrogens is 306 g/mol. The smallest absolute Gasteiger partial charge is 0.110 e. The van der Waals surface area contributed by atoms with Gasteiger partial charge in [-0.1, -0.05) is 60.7 Å². The molecule has 3 heteroatoms. The minimum absolute atomic E-state index is 0. The standard InChI is InChI=1S/C20H27NO.ClH/c1-3-22-20(15-19-12-8-5-9-13-19)16-21-17(2)14-18-10-6-4-7-11-18;/h4-13,17,20-21H,3,14-16H2,1-2H3;1H. The van der Waals surface area contributed by atoms with E-state index in [1.807, 2.05) is 0 Å². The molecule has 0 saturated carbocycles. The van der Waals surface area contributed by atoms with Crippen molar-refractivity contribution in [3.05, 3.63) is 71.8 Å². The van der Waals surface area contributed by atoms with Gasteiger partial charge in [0.1, 0.15) is 12.6 Å².